The van der Waals surface area contributed by atoms with Crippen molar-refractivity contribution in [3.8, 4) is 17.6 Å². The Morgan fingerprint density at radius 1 is 1.18 bits per heavy atom. The highest BCUT2D eigenvalue weighted by Gasteiger charge is 2.30. The molecule has 0 aliphatic carbocycles. The largest absolute Gasteiger partial charge is 0.457 e. The number of nitriles is 1. The molecule has 0 saturated heterocycles. The molecule has 0 saturated carbocycles. The molecule has 0 unspecified atom stereocenters. The predicted octanol–water partition coefficient (Wildman–Crippen LogP) is 4.64. The van der Waals surface area contributed by atoms with Crippen LogP contribution in [0.3, 0.4) is 0 Å². The zero-order valence-electron chi connectivity index (χ0n) is 15.0. The third-order valence-electron chi connectivity index (χ3n) is 3.60. The minimum Gasteiger partial charge on any atom is -0.457 e. The van der Waals surface area contributed by atoms with Crippen molar-refractivity contribution in [2.45, 2.75) is 18.9 Å². The Labute approximate surface area is 159 Å². The van der Waals surface area contributed by atoms with Gasteiger partial charge in [0.15, 0.2) is 6.29 Å². The summed E-state index contributed by atoms with van der Waals surface area (Å²) in [6.07, 6.45) is -5.72. The Hall–Kier alpha value is -3.09. The second-order valence-corrected chi connectivity index (χ2v) is 5.57. The van der Waals surface area contributed by atoms with Crippen LogP contribution < -0.4 is 10.1 Å². The lowest BCUT2D eigenvalue weighted by atomic mass is 10.1. The van der Waals surface area contributed by atoms with Crippen molar-refractivity contribution in [1.82, 2.24) is 0 Å². The van der Waals surface area contributed by atoms with Crippen LogP contribution in [-0.4, -0.2) is 20.1 Å². The van der Waals surface area contributed by atoms with Crippen molar-refractivity contribution in [2.24, 2.45) is 0 Å². The van der Waals surface area contributed by atoms with Crippen LogP contribution in [0.4, 0.5) is 18.9 Å². The summed E-state index contributed by atoms with van der Waals surface area (Å²) in [6.45, 7) is 0. The van der Waals surface area contributed by atoms with Crippen molar-refractivity contribution in [1.29, 1.82) is 5.26 Å². The second-order valence-electron chi connectivity index (χ2n) is 5.57. The van der Waals surface area contributed by atoms with Gasteiger partial charge < -0.3 is 19.5 Å². The molecule has 2 rings (SSSR count). The van der Waals surface area contributed by atoms with E-state index >= 15 is 0 Å². The first-order valence-electron chi connectivity index (χ1n) is 8.00. The van der Waals surface area contributed by atoms with Gasteiger partial charge in [-0.25, -0.2) is 0 Å². The molecule has 28 heavy (non-hydrogen) atoms. The van der Waals surface area contributed by atoms with E-state index in [0.717, 1.165) is 12.1 Å². The number of carbonyl (C=O) groups is 1. The highest BCUT2D eigenvalue weighted by Crippen LogP contribution is 2.36. The molecule has 0 aromatic heterocycles. The van der Waals surface area contributed by atoms with Gasteiger partial charge in [-0.1, -0.05) is 6.07 Å². The molecule has 0 atom stereocenters. The first kappa shape index (κ1) is 21.2. The van der Waals surface area contributed by atoms with Gasteiger partial charge in [-0.15, -0.1) is 0 Å². The number of ether oxygens (including phenoxy) is 3. The van der Waals surface area contributed by atoms with Gasteiger partial charge in [-0.05, 0) is 36.4 Å². The van der Waals surface area contributed by atoms with E-state index in [-0.39, 0.29) is 17.9 Å². The van der Waals surface area contributed by atoms with E-state index in [4.69, 9.17) is 19.5 Å². The van der Waals surface area contributed by atoms with E-state index < -0.39 is 23.9 Å². The predicted molar refractivity (Wildman–Crippen MR) is 93.6 cm³/mol. The van der Waals surface area contributed by atoms with E-state index in [9.17, 15) is 18.0 Å². The monoisotopic (exact) mass is 394 g/mol. The first-order valence-corrected chi connectivity index (χ1v) is 8.00. The van der Waals surface area contributed by atoms with Gasteiger partial charge in [0.2, 0.25) is 5.91 Å². The van der Waals surface area contributed by atoms with E-state index in [1.54, 1.807) is 6.07 Å². The number of benzene rings is 2. The summed E-state index contributed by atoms with van der Waals surface area (Å²) in [4.78, 5) is 11.6. The maximum Gasteiger partial charge on any atom is 0.416 e. The number of methoxy groups -OCH3 is 2. The number of halogens is 3. The average molecular weight is 394 g/mol. The van der Waals surface area contributed by atoms with E-state index in [1.807, 2.05) is 0 Å². The Balaban J connectivity index is 2.37. The number of hydrogen-bond donors (Lipinski definition) is 1. The average Bonchev–Trinajstić information content (AvgIpc) is 2.64. The summed E-state index contributed by atoms with van der Waals surface area (Å²) in [5.74, 6) is -0.346. The molecule has 6 nitrogen and oxygen atoms in total. The molecule has 1 amide bonds. The van der Waals surface area contributed by atoms with Crippen molar-refractivity contribution in [2.75, 3.05) is 19.5 Å². The standard InChI is InChI=1S/C19H17F3N2O4/c1-26-18(27-2)15-11-13(24-17(25)8-9-23)6-7-16(15)28-14-5-3-4-12(10-14)19(20,21)22/h3-7,10-11,18H,8H2,1-2H3,(H,24,25). The fourth-order valence-corrected chi connectivity index (χ4v) is 2.39. The highest BCUT2D eigenvalue weighted by molar-refractivity contribution is 5.92. The smallest absolute Gasteiger partial charge is 0.416 e. The Bertz CT molecular complexity index is 874. The lowest BCUT2D eigenvalue weighted by Gasteiger charge is -2.19. The van der Waals surface area contributed by atoms with Gasteiger partial charge in [-0.3, -0.25) is 4.79 Å². The number of rotatable bonds is 7. The third-order valence-corrected chi connectivity index (χ3v) is 3.60. The maximum atomic E-state index is 12.9. The van der Waals surface area contributed by atoms with Gasteiger partial charge in [-0.2, -0.15) is 18.4 Å². The molecule has 2 aromatic carbocycles. The third kappa shape index (κ3) is 5.45. The Morgan fingerprint density at radius 2 is 1.89 bits per heavy atom. The van der Waals surface area contributed by atoms with E-state index in [0.29, 0.717) is 11.3 Å². The quantitative estimate of drug-likeness (QED) is 0.692. The molecule has 148 valence electrons. The number of nitrogens with zero attached hydrogens (tertiary/aromatic N) is 1. The van der Waals surface area contributed by atoms with Crippen molar-refractivity contribution in [3.05, 3.63) is 53.6 Å². The minimum absolute atomic E-state index is 0.0247. The molecular weight excluding hydrogens is 377 g/mol. The zero-order chi connectivity index (χ0) is 20.7. The maximum absolute atomic E-state index is 12.9. The van der Waals surface area contributed by atoms with Gasteiger partial charge >= 0.3 is 6.18 Å². The highest BCUT2D eigenvalue weighted by atomic mass is 19.4. The number of nitrogens with one attached hydrogen (secondary N) is 1. The molecule has 0 fully saturated rings. The Kier molecular flexibility index (Phi) is 6.98. The van der Waals surface area contributed by atoms with Crippen LogP contribution in [0.2, 0.25) is 0 Å². The van der Waals surface area contributed by atoms with Crippen molar-refractivity contribution < 1.29 is 32.2 Å². The topological polar surface area (TPSA) is 80.6 Å². The normalized spacial score (nSPS) is 11.2. The number of alkyl halides is 3. The van der Waals surface area contributed by atoms with Crippen LogP contribution in [0.5, 0.6) is 11.5 Å². The molecule has 0 aliphatic rings. The van der Waals surface area contributed by atoms with Crippen molar-refractivity contribution in [3.63, 3.8) is 0 Å². The van der Waals surface area contributed by atoms with Crippen LogP contribution >= 0.6 is 0 Å². The van der Waals surface area contributed by atoms with Crippen LogP contribution in [0, 0.1) is 11.3 Å². The number of amides is 1. The van der Waals surface area contributed by atoms with Gasteiger partial charge in [0.25, 0.3) is 0 Å². The number of anilines is 1. The molecule has 2 aromatic rings. The SMILES string of the molecule is COC(OC)c1cc(NC(=O)CC#N)ccc1Oc1cccc(C(F)(F)F)c1. The van der Waals surface area contributed by atoms with Gasteiger partial charge in [0, 0.05) is 19.9 Å². The summed E-state index contributed by atoms with van der Waals surface area (Å²) in [5, 5.41) is 11.1. The first-order chi connectivity index (χ1) is 13.3. The van der Waals surface area contributed by atoms with Crippen LogP contribution in [0.1, 0.15) is 23.8 Å². The van der Waals surface area contributed by atoms with E-state index in [2.05, 4.69) is 5.32 Å². The fraction of sp³-hybridized carbons (Fsp3) is 0.263. The molecule has 9 heteroatoms. The van der Waals surface area contributed by atoms with Crippen LogP contribution in [0.15, 0.2) is 42.5 Å². The molecule has 0 heterocycles. The van der Waals surface area contributed by atoms with Crippen LogP contribution in [0.25, 0.3) is 0 Å². The van der Waals surface area contributed by atoms with Gasteiger partial charge in [0.1, 0.15) is 17.9 Å². The molecule has 0 spiro atoms. The summed E-state index contributed by atoms with van der Waals surface area (Å²) in [7, 11) is 2.76. The fourth-order valence-electron chi connectivity index (χ4n) is 2.39. The zero-order valence-corrected chi connectivity index (χ0v) is 15.0. The number of hydrogen-bond acceptors (Lipinski definition) is 5. The lowest BCUT2D eigenvalue weighted by molar-refractivity contribution is -0.137. The van der Waals surface area contributed by atoms with Gasteiger partial charge in [0.05, 0.1) is 17.2 Å². The van der Waals surface area contributed by atoms with Crippen LogP contribution in [-0.2, 0) is 20.4 Å². The van der Waals surface area contributed by atoms with E-state index in [1.165, 1.54) is 44.6 Å². The minimum atomic E-state index is -4.50. The lowest BCUT2D eigenvalue weighted by Crippen LogP contribution is -2.12. The summed E-state index contributed by atoms with van der Waals surface area (Å²) in [5.41, 5.74) is -0.148. The van der Waals surface area contributed by atoms with Crippen molar-refractivity contribution >= 4 is 11.6 Å². The summed E-state index contributed by atoms with van der Waals surface area (Å²) in [6, 6.07) is 10.6. The number of carbonyl (C=O) groups excluding carboxylic acids is 1. The second kappa shape index (κ2) is 9.21. The molecule has 0 bridgehead atoms. The Morgan fingerprint density at radius 3 is 2.50 bits per heavy atom. The summed E-state index contributed by atoms with van der Waals surface area (Å²) >= 11 is 0. The molecule has 0 aliphatic heterocycles. The molecular formula is C19H17F3N2O4. The summed E-state index contributed by atoms with van der Waals surface area (Å²) < 4.78 is 54.7. The molecule has 0 radical (unpaired) electrons. The molecule has 1 N–H and O–H groups in total.